The Morgan fingerprint density at radius 1 is 1.23 bits per heavy atom. The first kappa shape index (κ1) is 17.5. The molecule has 26 heavy (non-hydrogen) atoms. The van der Waals surface area contributed by atoms with Gasteiger partial charge in [-0.2, -0.15) is 5.10 Å². The zero-order chi connectivity index (χ0) is 18.7. The second-order valence-corrected chi connectivity index (χ2v) is 6.59. The number of fused-ring (bicyclic) bond motifs is 1. The van der Waals surface area contributed by atoms with Gasteiger partial charge in [-0.05, 0) is 49.2 Å². The van der Waals surface area contributed by atoms with E-state index < -0.39 is 11.0 Å². The SMILES string of the molecule is C/C(=N\NC(=O)Nc1nc2ccc(C)cc2s1)c1ccc([N+](=O)[O-])cc1. The molecule has 3 rings (SSSR count). The van der Waals surface area contributed by atoms with Crippen LogP contribution in [-0.4, -0.2) is 21.7 Å². The van der Waals surface area contributed by atoms with Crippen molar-refractivity contribution in [2.75, 3.05) is 5.32 Å². The van der Waals surface area contributed by atoms with Gasteiger partial charge in [-0.25, -0.2) is 15.2 Å². The van der Waals surface area contributed by atoms with Gasteiger partial charge in [-0.1, -0.05) is 17.4 Å². The number of aromatic nitrogens is 1. The fourth-order valence-electron chi connectivity index (χ4n) is 2.23. The number of rotatable bonds is 4. The van der Waals surface area contributed by atoms with Gasteiger partial charge in [0.25, 0.3) is 5.69 Å². The van der Waals surface area contributed by atoms with Crippen LogP contribution in [0.4, 0.5) is 15.6 Å². The van der Waals surface area contributed by atoms with E-state index >= 15 is 0 Å². The van der Waals surface area contributed by atoms with Crippen LogP contribution in [0.5, 0.6) is 0 Å². The van der Waals surface area contributed by atoms with E-state index in [1.807, 2.05) is 25.1 Å². The molecule has 0 aliphatic carbocycles. The number of non-ortho nitro benzene ring substituents is 1. The van der Waals surface area contributed by atoms with E-state index in [4.69, 9.17) is 0 Å². The van der Waals surface area contributed by atoms with Crippen molar-refractivity contribution in [3.05, 3.63) is 63.7 Å². The van der Waals surface area contributed by atoms with E-state index in [0.29, 0.717) is 16.4 Å². The number of nitro benzene ring substituents is 1. The zero-order valence-corrected chi connectivity index (χ0v) is 14.8. The highest BCUT2D eigenvalue weighted by Gasteiger charge is 2.08. The first-order valence-electron chi connectivity index (χ1n) is 7.65. The maximum Gasteiger partial charge on any atom is 0.341 e. The molecular weight excluding hydrogens is 354 g/mol. The third-order valence-electron chi connectivity index (χ3n) is 3.59. The van der Waals surface area contributed by atoms with E-state index in [9.17, 15) is 14.9 Å². The molecule has 0 atom stereocenters. The highest BCUT2D eigenvalue weighted by atomic mass is 32.1. The van der Waals surface area contributed by atoms with Gasteiger partial charge in [0.05, 0.1) is 20.9 Å². The normalized spacial score (nSPS) is 11.4. The number of hydrogen-bond acceptors (Lipinski definition) is 6. The van der Waals surface area contributed by atoms with Crippen molar-refractivity contribution < 1.29 is 9.72 Å². The summed E-state index contributed by atoms with van der Waals surface area (Å²) in [5.41, 5.74) is 5.53. The Morgan fingerprint density at radius 2 is 1.96 bits per heavy atom. The molecule has 0 saturated carbocycles. The largest absolute Gasteiger partial charge is 0.341 e. The molecule has 1 aromatic heterocycles. The lowest BCUT2D eigenvalue weighted by Crippen LogP contribution is -2.25. The van der Waals surface area contributed by atoms with E-state index in [-0.39, 0.29) is 5.69 Å². The number of carbonyl (C=O) groups is 1. The summed E-state index contributed by atoms with van der Waals surface area (Å²) in [6, 6.07) is 11.3. The number of nitro groups is 1. The summed E-state index contributed by atoms with van der Waals surface area (Å²) in [6.45, 7) is 3.69. The van der Waals surface area contributed by atoms with Crippen molar-refractivity contribution in [3.8, 4) is 0 Å². The van der Waals surface area contributed by atoms with Gasteiger partial charge >= 0.3 is 6.03 Å². The lowest BCUT2D eigenvalue weighted by molar-refractivity contribution is -0.384. The minimum absolute atomic E-state index is 0.00155. The zero-order valence-electron chi connectivity index (χ0n) is 14.0. The molecule has 9 heteroatoms. The molecule has 8 nitrogen and oxygen atoms in total. The lowest BCUT2D eigenvalue weighted by atomic mass is 10.1. The highest BCUT2D eigenvalue weighted by molar-refractivity contribution is 7.22. The second-order valence-electron chi connectivity index (χ2n) is 5.56. The van der Waals surface area contributed by atoms with Crippen molar-refractivity contribution in [1.29, 1.82) is 0 Å². The van der Waals surface area contributed by atoms with Gasteiger partial charge in [0.1, 0.15) is 0 Å². The number of nitrogens with one attached hydrogen (secondary N) is 2. The number of hydrazone groups is 1. The molecule has 0 spiro atoms. The van der Waals surface area contributed by atoms with Crippen LogP contribution >= 0.6 is 11.3 Å². The first-order valence-corrected chi connectivity index (χ1v) is 8.47. The molecule has 0 saturated heterocycles. The maximum atomic E-state index is 12.0. The number of benzene rings is 2. The van der Waals surface area contributed by atoms with Crippen molar-refractivity contribution in [3.63, 3.8) is 0 Å². The number of urea groups is 1. The van der Waals surface area contributed by atoms with Crippen LogP contribution in [0.3, 0.4) is 0 Å². The van der Waals surface area contributed by atoms with Crippen LogP contribution in [0.2, 0.25) is 0 Å². The Hall–Kier alpha value is -3.33. The van der Waals surface area contributed by atoms with Gasteiger partial charge < -0.3 is 0 Å². The number of thiazole rings is 1. The smallest absolute Gasteiger partial charge is 0.282 e. The molecule has 2 N–H and O–H groups in total. The summed E-state index contributed by atoms with van der Waals surface area (Å²) in [6.07, 6.45) is 0. The Bertz CT molecular complexity index is 1010. The van der Waals surface area contributed by atoms with Gasteiger partial charge in [-0.15, -0.1) is 0 Å². The first-order chi connectivity index (χ1) is 12.4. The van der Waals surface area contributed by atoms with Gasteiger partial charge in [0.15, 0.2) is 5.13 Å². The number of hydrogen-bond donors (Lipinski definition) is 2. The average Bonchev–Trinajstić information content (AvgIpc) is 3.00. The second kappa shape index (κ2) is 7.28. The fourth-order valence-corrected chi connectivity index (χ4v) is 3.19. The topological polar surface area (TPSA) is 110 Å². The Kier molecular flexibility index (Phi) is 4.90. The summed E-state index contributed by atoms with van der Waals surface area (Å²) in [7, 11) is 0. The summed E-state index contributed by atoms with van der Waals surface area (Å²) in [5, 5.41) is 17.8. The molecular formula is C17H15N5O3S. The molecule has 2 amide bonds. The number of anilines is 1. The number of nitrogens with zero attached hydrogens (tertiary/aromatic N) is 3. The summed E-state index contributed by atoms with van der Waals surface area (Å²) >= 11 is 1.38. The number of amides is 2. The predicted molar refractivity (Wildman–Crippen MR) is 102 cm³/mol. The molecule has 1 heterocycles. The standard InChI is InChI=1S/C17H15N5O3S/c1-10-3-8-14-15(9-10)26-17(18-14)19-16(23)21-20-11(2)12-4-6-13(7-5-12)22(24)25/h3-9H,1-2H3,(H2,18,19,21,23)/b20-11+. The molecule has 0 radical (unpaired) electrons. The monoisotopic (exact) mass is 369 g/mol. The maximum absolute atomic E-state index is 12.0. The van der Waals surface area contributed by atoms with E-state index in [1.54, 1.807) is 19.1 Å². The number of aryl methyl sites for hydroxylation is 1. The fraction of sp³-hybridized carbons (Fsp3) is 0.118. The number of carbonyl (C=O) groups excluding carboxylic acids is 1. The molecule has 2 aromatic carbocycles. The summed E-state index contributed by atoms with van der Waals surface area (Å²) in [4.78, 5) is 26.5. The van der Waals surface area contributed by atoms with Gasteiger partial charge in [-0.3, -0.25) is 15.4 Å². The molecule has 0 unspecified atom stereocenters. The predicted octanol–water partition coefficient (Wildman–Crippen LogP) is 4.06. The van der Waals surface area contributed by atoms with E-state index in [0.717, 1.165) is 15.8 Å². The van der Waals surface area contributed by atoms with Crippen LogP contribution < -0.4 is 10.7 Å². The van der Waals surface area contributed by atoms with Crippen molar-refractivity contribution in [1.82, 2.24) is 10.4 Å². The molecule has 0 aliphatic heterocycles. The quantitative estimate of drug-likeness (QED) is 0.410. The Labute approximate surface area is 152 Å². The van der Waals surface area contributed by atoms with Crippen LogP contribution in [0.1, 0.15) is 18.1 Å². The molecule has 0 aliphatic rings. The molecule has 0 fully saturated rings. The van der Waals surface area contributed by atoms with Crippen molar-refractivity contribution in [2.24, 2.45) is 5.10 Å². The van der Waals surface area contributed by atoms with E-state index in [1.165, 1.54) is 23.5 Å². The van der Waals surface area contributed by atoms with Crippen LogP contribution in [-0.2, 0) is 0 Å². The minimum atomic E-state index is -0.512. The van der Waals surface area contributed by atoms with Crippen LogP contribution in [0, 0.1) is 17.0 Å². The van der Waals surface area contributed by atoms with Gasteiger partial charge in [0, 0.05) is 12.1 Å². The highest BCUT2D eigenvalue weighted by Crippen LogP contribution is 2.26. The minimum Gasteiger partial charge on any atom is -0.282 e. The third kappa shape index (κ3) is 4.01. The average molecular weight is 369 g/mol. The van der Waals surface area contributed by atoms with Crippen LogP contribution in [0.25, 0.3) is 10.2 Å². The Balaban J connectivity index is 1.64. The van der Waals surface area contributed by atoms with E-state index in [2.05, 4.69) is 20.8 Å². The van der Waals surface area contributed by atoms with Crippen molar-refractivity contribution >= 4 is 44.1 Å². The van der Waals surface area contributed by atoms with Crippen LogP contribution in [0.15, 0.2) is 47.6 Å². The summed E-state index contributed by atoms with van der Waals surface area (Å²) in [5.74, 6) is 0. The third-order valence-corrected chi connectivity index (χ3v) is 4.52. The van der Waals surface area contributed by atoms with Gasteiger partial charge in [0.2, 0.25) is 0 Å². The van der Waals surface area contributed by atoms with Crippen molar-refractivity contribution in [2.45, 2.75) is 13.8 Å². The molecule has 0 bridgehead atoms. The molecule has 3 aromatic rings. The molecule has 132 valence electrons. The lowest BCUT2D eigenvalue weighted by Gasteiger charge is -2.03. The summed E-state index contributed by atoms with van der Waals surface area (Å²) < 4.78 is 0.992. The Morgan fingerprint density at radius 3 is 2.65 bits per heavy atom.